The molecule has 41 heavy (non-hydrogen) atoms. The number of halogens is 1. The zero-order chi connectivity index (χ0) is 30.2. The topological polar surface area (TPSA) is 96.0 Å². The van der Waals surface area contributed by atoms with Gasteiger partial charge in [0.1, 0.15) is 18.3 Å². The van der Waals surface area contributed by atoms with Crippen LogP contribution in [0.3, 0.4) is 0 Å². The van der Waals surface area contributed by atoms with E-state index in [1.165, 1.54) is 24.1 Å². The Bertz CT molecular complexity index is 1410. The lowest BCUT2D eigenvalue weighted by atomic mass is 10.1. The summed E-state index contributed by atoms with van der Waals surface area (Å²) < 4.78 is 34.1. The normalized spacial score (nSPS) is 12.3. The van der Waals surface area contributed by atoms with Crippen molar-refractivity contribution >= 4 is 39.1 Å². The zero-order valence-electron chi connectivity index (χ0n) is 24.1. The summed E-state index contributed by atoms with van der Waals surface area (Å²) >= 11 is 6.08. The van der Waals surface area contributed by atoms with E-state index in [2.05, 4.69) is 5.32 Å². The highest BCUT2D eigenvalue weighted by atomic mass is 35.5. The van der Waals surface area contributed by atoms with Gasteiger partial charge in [-0.15, -0.1) is 0 Å². The Hall–Kier alpha value is -3.56. The molecule has 0 aromatic heterocycles. The summed E-state index contributed by atoms with van der Waals surface area (Å²) in [6.45, 7) is 7.17. The molecule has 0 bridgehead atoms. The first-order valence-corrected chi connectivity index (χ1v) is 15.3. The summed E-state index contributed by atoms with van der Waals surface area (Å²) in [6, 6.07) is 21.0. The monoisotopic (exact) mass is 599 g/mol. The van der Waals surface area contributed by atoms with E-state index in [1.54, 1.807) is 36.4 Å². The Labute approximate surface area is 248 Å². The van der Waals surface area contributed by atoms with Crippen LogP contribution in [0.15, 0.2) is 83.8 Å². The number of hydrogen-bond donors (Lipinski definition) is 1. The van der Waals surface area contributed by atoms with Gasteiger partial charge in [-0.25, -0.2) is 8.42 Å². The molecule has 220 valence electrons. The van der Waals surface area contributed by atoms with E-state index >= 15 is 0 Å². The predicted octanol–water partition coefficient (Wildman–Crippen LogP) is 5.31. The van der Waals surface area contributed by atoms with Crippen molar-refractivity contribution in [3.8, 4) is 5.75 Å². The molecule has 0 spiro atoms. The minimum atomic E-state index is -4.18. The Balaban J connectivity index is 2.01. The molecule has 0 fully saturated rings. The van der Waals surface area contributed by atoms with Crippen molar-refractivity contribution in [1.29, 1.82) is 0 Å². The van der Waals surface area contributed by atoms with Gasteiger partial charge in [-0.3, -0.25) is 13.9 Å². The first-order chi connectivity index (χ1) is 19.4. The third kappa shape index (κ3) is 8.71. The summed E-state index contributed by atoms with van der Waals surface area (Å²) in [5.41, 5.74) is 0.761. The number of amides is 2. The lowest BCUT2D eigenvalue weighted by Gasteiger charge is -2.34. The van der Waals surface area contributed by atoms with Crippen molar-refractivity contribution in [3.63, 3.8) is 0 Å². The summed E-state index contributed by atoms with van der Waals surface area (Å²) in [5.74, 6) is -0.290. The van der Waals surface area contributed by atoms with Crippen molar-refractivity contribution in [2.75, 3.05) is 24.5 Å². The fraction of sp³-hybridized carbons (Fsp3) is 0.355. The maximum atomic E-state index is 14.1. The standard InChI is InChI=1S/C31H38ClN3O5S/c1-6-28(30(37)33-31(2,3)4)34(21-20-23-10-8-7-9-11-23)29(36)22-35(25-14-12-24(32)13-15-25)41(38,39)27-18-16-26(40-5)17-19-27/h7-19,28H,6,20-22H2,1-5H3,(H,33,37)/t28-/m0/s1. The van der Waals surface area contributed by atoms with Gasteiger partial charge in [0, 0.05) is 17.1 Å². The van der Waals surface area contributed by atoms with Crippen LogP contribution in [0.1, 0.15) is 39.7 Å². The molecule has 0 saturated heterocycles. The van der Waals surface area contributed by atoms with Crippen LogP contribution < -0.4 is 14.4 Å². The second-order valence-corrected chi connectivity index (χ2v) is 12.9. The summed E-state index contributed by atoms with van der Waals surface area (Å²) in [6.07, 6.45) is 0.854. The van der Waals surface area contributed by atoms with E-state index in [9.17, 15) is 18.0 Å². The molecule has 0 unspecified atom stereocenters. The van der Waals surface area contributed by atoms with Crippen LogP contribution in [0.5, 0.6) is 5.75 Å². The summed E-state index contributed by atoms with van der Waals surface area (Å²) in [7, 11) is -2.69. The summed E-state index contributed by atoms with van der Waals surface area (Å²) in [5, 5.41) is 3.40. The molecule has 0 heterocycles. The Morgan fingerprint density at radius 1 is 0.951 bits per heavy atom. The van der Waals surface area contributed by atoms with Gasteiger partial charge in [0.2, 0.25) is 11.8 Å². The van der Waals surface area contributed by atoms with Gasteiger partial charge in [0.05, 0.1) is 17.7 Å². The Kier molecular flexibility index (Phi) is 10.8. The van der Waals surface area contributed by atoms with Gasteiger partial charge in [0.25, 0.3) is 10.0 Å². The number of carbonyl (C=O) groups is 2. The molecule has 0 radical (unpaired) electrons. The molecule has 2 amide bonds. The molecule has 3 aromatic carbocycles. The van der Waals surface area contributed by atoms with Crippen LogP contribution in [-0.2, 0) is 26.0 Å². The van der Waals surface area contributed by atoms with Crippen LogP contribution in [0, 0.1) is 0 Å². The van der Waals surface area contributed by atoms with E-state index in [0.717, 1.165) is 9.87 Å². The fourth-order valence-corrected chi connectivity index (χ4v) is 5.90. The third-order valence-corrected chi connectivity index (χ3v) is 8.45. The van der Waals surface area contributed by atoms with Crippen molar-refractivity contribution < 1.29 is 22.7 Å². The smallest absolute Gasteiger partial charge is 0.264 e. The van der Waals surface area contributed by atoms with Gasteiger partial charge in [-0.2, -0.15) is 0 Å². The molecular weight excluding hydrogens is 562 g/mol. The molecular formula is C31H38ClN3O5S. The average molecular weight is 600 g/mol. The van der Waals surface area contributed by atoms with Gasteiger partial charge in [-0.1, -0.05) is 48.9 Å². The molecule has 8 nitrogen and oxygen atoms in total. The first-order valence-electron chi connectivity index (χ1n) is 13.4. The predicted molar refractivity (Wildman–Crippen MR) is 163 cm³/mol. The number of hydrogen-bond acceptors (Lipinski definition) is 5. The second kappa shape index (κ2) is 13.9. The SMILES string of the molecule is CC[C@@H](C(=O)NC(C)(C)C)N(CCc1ccccc1)C(=O)CN(c1ccc(Cl)cc1)S(=O)(=O)c1ccc(OC)cc1. The van der Waals surface area contributed by atoms with Crippen LogP contribution in [-0.4, -0.2) is 56.9 Å². The minimum Gasteiger partial charge on any atom is -0.497 e. The highest BCUT2D eigenvalue weighted by Crippen LogP contribution is 2.27. The lowest BCUT2D eigenvalue weighted by molar-refractivity contribution is -0.140. The van der Waals surface area contributed by atoms with Crippen molar-refractivity contribution in [1.82, 2.24) is 10.2 Å². The molecule has 0 aliphatic carbocycles. The van der Waals surface area contributed by atoms with E-state index in [1.807, 2.05) is 58.0 Å². The maximum absolute atomic E-state index is 14.1. The lowest BCUT2D eigenvalue weighted by Crippen LogP contribution is -2.56. The number of sulfonamides is 1. The maximum Gasteiger partial charge on any atom is 0.264 e. The number of ether oxygens (including phenoxy) is 1. The molecule has 3 rings (SSSR count). The molecule has 0 aliphatic heterocycles. The summed E-state index contributed by atoms with van der Waals surface area (Å²) in [4.78, 5) is 28.9. The zero-order valence-corrected chi connectivity index (χ0v) is 25.7. The van der Waals surface area contributed by atoms with Crippen LogP contribution in [0.4, 0.5) is 5.69 Å². The van der Waals surface area contributed by atoms with Crippen LogP contribution in [0.25, 0.3) is 0 Å². The second-order valence-electron chi connectivity index (χ2n) is 10.6. The molecule has 0 saturated carbocycles. The van der Waals surface area contributed by atoms with Crippen LogP contribution in [0.2, 0.25) is 5.02 Å². The number of nitrogens with zero attached hydrogens (tertiary/aromatic N) is 2. The number of methoxy groups -OCH3 is 1. The van der Waals surface area contributed by atoms with Gasteiger partial charge < -0.3 is 15.0 Å². The molecule has 1 N–H and O–H groups in total. The fourth-order valence-electron chi connectivity index (χ4n) is 4.36. The van der Waals surface area contributed by atoms with E-state index in [0.29, 0.717) is 23.6 Å². The van der Waals surface area contributed by atoms with E-state index < -0.39 is 34.1 Å². The highest BCUT2D eigenvalue weighted by Gasteiger charge is 2.34. The number of anilines is 1. The van der Waals surface area contributed by atoms with E-state index in [4.69, 9.17) is 16.3 Å². The largest absolute Gasteiger partial charge is 0.497 e. The third-order valence-electron chi connectivity index (χ3n) is 6.41. The molecule has 10 heteroatoms. The van der Waals surface area contributed by atoms with Gasteiger partial charge in [-0.05, 0) is 87.7 Å². The molecule has 1 atom stereocenters. The first kappa shape index (κ1) is 32.0. The van der Waals surface area contributed by atoms with Crippen LogP contribution >= 0.6 is 11.6 Å². The van der Waals surface area contributed by atoms with Crippen molar-refractivity contribution in [2.45, 2.75) is 57.0 Å². The Morgan fingerprint density at radius 3 is 2.10 bits per heavy atom. The van der Waals surface area contributed by atoms with E-state index in [-0.39, 0.29) is 23.0 Å². The number of benzene rings is 3. The van der Waals surface area contributed by atoms with Crippen molar-refractivity contribution in [3.05, 3.63) is 89.4 Å². The molecule has 3 aromatic rings. The van der Waals surface area contributed by atoms with Gasteiger partial charge >= 0.3 is 0 Å². The molecule has 0 aliphatic rings. The number of rotatable bonds is 12. The quantitative estimate of drug-likeness (QED) is 0.304. The minimum absolute atomic E-state index is 0.00518. The van der Waals surface area contributed by atoms with Gasteiger partial charge in [0.15, 0.2) is 0 Å². The number of carbonyl (C=O) groups excluding carboxylic acids is 2. The Morgan fingerprint density at radius 2 is 1.56 bits per heavy atom. The number of nitrogens with one attached hydrogen (secondary N) is 1. The highest BCUT2D eigenvalue weighted by molar-refractivity contribution is 7.92. The van der Waals surface area contributed by atoms with Crippen molar-refractivity contribution in [2.24, 2.45) is 0 Å². The average Bonchev–Trinajstić information content (AvgIpc) is 2.94.